The van der Waals surface area contributed by atoms with Crippen molar-refractivity contribution in [3.8, 4) is 11.5 Å². The van der Waals surface area contributed by atoms with Crippen LogP contribution in [0.15, 0.2) is 47.3 Å². The number of methoxy groups -OCH3 is 2. The molecule has 1 aliphatic heterocycles. The number of esters is 1. The minimum atomic E-state index is -0.457. The van der Waals surface area contributed by atoms with E-state index in [0.717, 1.165) is 37.3 Å². The van der Waals surface area contributed by atoms with Crippen LogP contribution in [0.1, 0.15) is 39.3 Å². The summed E-state index contributed by atoms with van der Waals surface area (Å²) in [7, 11) is 2.86. The van der Waals surface area contributed by atoms with Crippen LogP contribution >= 0.6 is 11.3 Å². The van der Waals surface area contributed by atoms with E-state index in [9.17, 15) is 9.59 Å². The molecule has 172 valence electrons. The van der Waals surface area contributed by atoms with Crippen molar-refractivity contribution < 1.29 is 23.8 Å². The Labute approximate surface area is 196 Å². The highest BCUT2D eigenvalue weighted by molar-refractivity contribution is 7.07. The zero-order chi connectivity index (χ0) is 23.2. The van der Waals surface area contributed by atoms with Crippen LogP contribution in [0.4, 0.5) is 11.4 Å². The van der Waals surface area contributed by atoms with Crippen LogP contribution in [0.25, 0.3) is 0 Å². The summed E-state index contributed by atoms with van der Waals surface area (Å²) < 4.78 is 16.1. The van der Waals surface area contributed by atoms with Crippen molar-refractivity contribution in [2.75, 3.05) is 37.5 Å². The second kappa shape index (κ2) is 10.4. The molecule has 9 heteroatoms. The van der Waals surface area contributed by atoms with Crippen LogP contribution < -0.4 is 19.7 Å². The van der Waals surface area contributed by atoms with Gasteiger partial charge in [0, 0.05) is 24.0 Å². The maximum atomic E-state index is 13.1. The molecule has 1 aromatic heterocycles. The van der Waals surface area contributed by atoms with Crippen LogP contribution in [0.2, 0.25) is 0 Å². The van der Waals surface area contributed by atoms with Gasteiger partial charge in [0.15, 0.2) is 11.5 Å². The number of benzene rings is 2. The topological polar surface area (TPSA) is 90.0 Å². The Morgan fingerprint density at radius 3 is 2.55 bits per heavy atom. The maximum absolute atomic E-state index is 13.1. The highest BCUT2D eigenvalue weighted by Gasteiger charge is 2.20. The van der Waals surface area contributed by atoms with Crippen molar-refractivity contribution in [2.24, 2.45) is 0 Å². The molecule has 4 rings (SSSR count). The molecule has 0 atom stereocenters. The molecule has 0 radical (unpaired) electrons. The maximum Gasteiger partial charge on any atom is 0.337 e. The quantitative estimate of drug-likeness (QED) is 0.492. The first-order chi connectivity index (χ1) is 16.1. The molecule has 0 unspecified atom stereocenters. The molecule has 2 heterocycles. The van der Waals surface area contributed by atoms with E-state index in [1.54, 1.807) is 35.8 Å². The van der Waals surface area contributed by atoms with Gasteiger partial charge in [-0.3, -0.25) is 4.79 Å². The first kappa shape index (κ1) is 22.6. The van der Waals surface area contributed by atoms with Crippen molar-refractivity contribution in [1.82, 2.24) is 4.98 Å². The zero-order valence-corrected chi connectivity index (χ0v) is 19.3. The first-order valence-electron chi connectivity index (χ1n) is 10.6. The Balaban J connectivity index is 1.56. The highest BCUT2D eigenvalue weighted by atomic mass is 32.1. The second-order valence-electron chi connectivity index (χ2n) is 7.51. The van der Waals surface area contributed by atoms with E-state index in [1.165, 1.54) is 25.6 Å². The molecule has 1 fully saturated rings. The van der Waals surface area contributed by atoms with Gasteiger partial charge in [0.05, 0.1) is 42.4 Å². The van der Waals surface area contributed by atoms with Gasteiger partial charge in [0.2, 0.25) is 0 Å². The lowest BCUT2D eigenvalue weighted by Gasteiger charge is -2.22. The molecule has 1 aliphatic rings. The number of anilines is 2. The number of carbonyl (C=O) groups is 2. The fraction of sp³-hybridized carbons (Fsp3) is 0.292. The van der Waals surface area contributed by atoms with Crippen LogP contribution in [0.5, 0.6) is 11.5 Å². The SMILES string of the molecule is COC(=O)c1ccc(N2CCCC2)c(NC(=O)c2ccc(OCc3cscn3)c(OC)c2)c1. The smallest absolute Gasteiger partial charge is 0.337 e. The zero-order valence-electron chi connectivity index (χ0n) is 18.5. The summed E-state index contributed by atoms with van der Waals surface area (Å²) in [5.74, 6) is 0.192. The molecule has 0 aliphatic carbocycles. The van der Waals surface area contributed by atoms with Crippen LogP contribution in [0, 0.1) is 0 Å². The number of amides is 1. The predicted octanol–water partition coefficient (Wildman–Crippen LogP) is 4.37. The van der Waals surface area contributed by atoms with E-state index in [0.29, 0.717) is 34.9 Å². The number of thiazole rings is 1. The van der Waals surface area contributed by atoms with E-state index < -0.39 is 5.97 Å². The third-order valence-corrected chi connectivity index (χ3v) is 6.03. The monoisotopic (exact) mass is 467 g/mol. The number of carbonyl (C=O) groups excluding carboxylic acids is 2. The fourth-order valence-electron chi connectivity index (χ4n) is 3.70. The Morgan fingerprint density at radius 1 is 1.06 bits per heavy atom. The van der Waals surface area contributed by atoms with Gasteiger partial charge in [-0.25, -0.2) is 9.78 Å². The summed E-state index contributed by atoms with van der Waals surface area (Å²) in [6, 6.07) is 10.2. The van der Waals surface area contributed by atoms with Crippen molar-refractivity contribution >= 4 is 34.6 Å². The Bertz CT molecular complexity index is 1130. The van der Waals surface area contributed by atoms with Crippen molar-refractivity contribution in [3.05, 3.63) is 64.1 Å². The van der Waals surface area contributed by atoms with E-state index in [1.807, 2.05) is 11.4 Å². The molecular formula is C24H25N3O5S. The molecule has 3 aromatic rings. The standard InChI is InChI=1S/C24H25N3O5S/c1-30-22-12-16(6-8-21(22)32-13-18-14-33-15-25-18)23(28)26-19-11-17(24(29)31-2)5-7-20(19)27-9-3-4-10-27/h5-8,11-12,14-15H,3-4,9-10,13H2,1-2H3,(H,26,28). The lowest BCUT2D eigenvalue weighted by molar-refractivity contribution is 0.0600. The van der Waals surface area contributed by atoms with Crippen LogP contribution in [-0.2, 0) is 11.3 Å². The van der Waals surface area contributed by atoms with Gasteiger partial charge in [0.25, 0.3) is 5.91 Å². The molecule has 0 bridgehead atoms. The molecule has 2 aromatic carbocycles. The fourth-order valence-corrected chi connectivity index (χ4v) is 4.24. The predicted molar refractivity (Wildman–Crippen MR) is 127 cm³/mol. The number of hydrogen-bond acceptors (Lipinski definition) is 8. The molecule has 1 saturated heterocycles. The van der Waals surface area contributed by atoms with Gasteiger partial charge in [-0.2, -0.15) is 0 Å². The highest BCUT2D eigenvalue weighted by Crippen LogP contribution is 2.32. The summed E-state index contributed by atoms with van der Waals surface area (Å²) in [5, 5.41) is 4.87. The first-order valence-corrected chi connectivity index (χ1v) is 11.5. The number of nitrogens with zero attached hydrogens (tertiary/aromatic N) is 2. The largest absolute Gasteiger partial charge is 0.493 e. The van der Waals surface area contributed by atoms with Crippen LogP contribution in [0.3, 0.4) is 0 Å². The van der Waals surface area contributed by atoms with E-state index >= 15 is 0 Å². The summed E-state index contributed by atoms with van der Waals surface area (Å²) >= 11 is 1.50. The lowest BCUT2D eigenvalue weighted by Crippen LogP contribution is -2.21. The summed E-state index contributed by atoms with van der Waals surface area (Å²) in [6.07, 6.45) is 2.18. The average Bonchev–Trinajstić information content (AvgIpc) is 3.56. The van der Waals surface area contributed by atoms with Crippen molar-refractivity contribution in [3.63, 3.8) is 0 Å². The van der Waals surface area contributed by atoms with E-state index in [-0.39, 0.29) is 5.91 Å². The number of ether oxygens (including phenoxy) is 3. The third kappa shape index (κ3) is 5.25. The molecular weight excluding hydrogens is 442 g/mol. The van der Waals surface area contributed by atoms with Crippen LogP contribution in [-0.4, -0.2) is 44.2 Å². The Kier molecular flexibility index (Phi) is 7.09. The number of rotatable bonds is 8. The minimum Gasteiger partial charge on any atom is -0.493 e. The van der Waals surface area contributed by atoms with Crippen molar-refractivity contribution in [2.45, 2.75) is 19.4 Å². The van der Waals surface area contributed by atoms with E-state index in [2.05, 4.69) is 15.2 Å². The van der Waals surface area contributed by atoms with Gasteiger partial charge in [-0.1, -0.05) is 0 Å². The average molecular weight is 468 g/mol. The summed E-state index contributed by atoms with van der Waals surface area (Å²) in [5.41, 5.74) is 4.79. The van der Waals surface area contributed by atoms with Gasteiger partial charge >= 0.3 is 5.97 Å². The third-order valence-electron chi connectivity index (χ3n) is 5.40. The molecule has 8 nitrogen and oxygen atoms in total. The molecule has 0 spiro atoms. The summed E-state index contributed by atoms with van der Waals surface area (Å²) in [4.78, 5) is 31.5. The Hall–Kier alpha value is -3.59. The van der Waals surface area contributed by atoms with Crippen molar-refractivity contribution in [1.29, 1.82) is 0 Å². The molecule has 33 heavy (non-hydrogen) atoms. The lowest BCUT2D eigenvalue weighted by atomic mass is 10.1. The van der Waals surface area contributed by atoms with E-state index in [4.69, 9.17) is 14.2 Å². The Morgan fingerprint density at radius 2 is 1.85 bits per heavy atom. The normalized spacial score (nSPS) is 13.0. The van der Waals surface area contributed by atoms with Gasteiger partial charge < -0.3 is 24.4 Å². The number of hydrogen-bond donors (Lipinski definition) is 1. The summed E-state index contributed by atoms with van der Waals surface area (Å²) in [6.45, 7) is 2.11. The van der Waals surface area contributed by atoms with Gasteiger partial charge in [0.1, 0.15) is 6.61 Å². The molecule has 1 amide bonds. The number of nitrogens with one attached hydrogen (secondary N) is 1. The minimum absolute atomic E-state index is 0.310. The second-order valence-corrected chi connectivity index (χ2v) is 8.22. The number of aromatic nitrogens is 1. The van der Waals surface area contributed by atoms with Gasteiger partial charge in [-0.15, -0.1) is 11.3 Å². The van der Waals surface area contributed by atoms with Gasteiger partial charge in [-0.05, 0) is 49.2 Å². The molecule has 0 saturated carbocycles. The molecule has 1 N–H and O–H groups in total.